The highest BCUT2D eigenvalue weighted by atomic mass is 35.5. The van der Waals surface area contributed by atoms with E-state index in [4.69, 9.17) is 4.74 Å². The van der Waals surface area contributed by atoms with Crippen molar-refractivity contribution in [2.24, 2.45) is 4.99 Å². The average Bonchev–Trinajstić information content (AvgIpc) is 2.74. The second-order valence-electron chi connectivity index (χ2n) is 3.24. The van der Waals surface area contributed by atoms with Crippen molar-refractivity contribution in [3.05, 3.63) is 24.3 Å². The van der Waals surface area contributed by atoms with Crippen molar-refractivity contribution in [1.82, 2.24) is 5.32 Å². The minimum absolute atomic E-state index is 0. The zero-order chi connectivity index (χ0) is 10.5. The molecule has 88 valence electrons. The number of benzene rings is 1. The van der Waals surface area contributed by atoms with Crippen molar-refractivity contribution < 1.29 is 4.74 Å². The molecule has 0 radical (unpaired) electrons. The SMILES string of the molecule is CCOc1ccc(NC2=NCCN2)cc1.Cl. The Bertz CT molecular complexity index is 351. The van der Waals surface area contributed by atoms with Crippen LogP contribution in [0.5, 0.6) is 5.75 Å². The Kier molecular flexibility index (Phi) is 4.92. The number of guanidine groups is 1. The Hall–Kier alpha value is -1.42. The number of nitrogens with one attached hydrogen (secondary N) is 2. The van der Waals surface area contributed by atoms with Gasteiger partial charge in [-0.1, -0.05) is 0 Å². The third-order valence-electron chi connectivity index (χ3n) is 2.10. The molecule has 0 amide bonds. The summed E-state index contributed by atoms with van der Waals surface area (Å²) in [6, 6.07) is 7.85. The van der Waals surface area contributed by atoms with Crippen molar-refractivity contribution >= 4 is 24.1 Å². The van der Waals surface area contributed by atoms with Crippen LogP contribution in [0, 0.1) is 0 Å². The van der Waals surface area contributed by atoms with Crippen LogP contribution in [-0.4, -0.2) is 25.7 Å². The fraction of sp³-hybridized carbons (Fsp3) is 0.364. The van der Waals surface area contributed by atoms with E-state index in [0.29, 0.717) is 6.61 Å². The zero-order valence-electron chi connectivity index (χ0n) is 9.19. The molecule has 0 aromatic heterocycles. The van der Waals surface area contributed by atoms with Gasteiger partial charge in [0.1, 0.15) is 5.75 Å². The summed E-state index contributed by atoms with van der Waals surface area (Å²) in [5.74, 6) is 1.74. The summed E-state index contributed by atoms with van der Waals surface area (Å²) in [5, 5.41) is 6.35. The largest absolute Gasteiger partial charge is 0.494 e. The summed E-state index contributed by atoms with van der Waals surface area (Å²) in [6.07, 6.45) is 0. The smallest absolute Gasteiger partial charge is 0.195 e. The van der Waals surface area contributed by atoms with Crippen molar-refractivity contribution in [3.8, 4) is 5.75 Å². The molecule has 16 heavy (non-hydrogen) atoms. The predicted octanol–water partition coefficient (Wildman–Crippen LogP) is 1.88. The van der Waals surface area contributed by atoms with E-state index in [1.165, 1.54) is 0 Å². The first-order valence-corrected chi connectivity index (χ1v) is 5.16. The minimum Gasteiger partial charge on any atom is -0.494 e. The lowest BCUT2D eigenvalue weighted by atomic mass is 10.3. The maximum atomic E-state index is 5.36. The maximum Gasteiger partial charge on any atom is 0.195 e. The highest BCUT2D eigenvalue weighted by Gasteiger charge is 2.04. The molecule has 5 heteroatoms. The number of nitrogens with zero attached hydrogens (tertiary/aromatic N) is 1. The number of hydrogen-bond acceptors (Lipinski definition) is 4. The molecule has 0 spiro atoms. The number of aliphatic imine (C=N–C) groups is 1. The Balaban J connectivity index is 0.00000128. The van der Waals surface area contributed by atoms with Crippen LogP contribution in [0.15, 0.2) is 29.3 Å². The molecule has 0 fully saturated rings. The molecule has 2 N–H and O–H groups in total. The third kappa shape index (κ3) is 3.31. The van der Waals surface area contributed by atoms with Crippen molar-refractivity contribution in [2.45, 2.75) is 6.92 Å². The fourth-order valence-electron chi connectivity index (χ4n) is 1.42. The van der Waals surface area contributed by atoms with E-state index in [2.05, 4.69) is 15.6 Å². The highest BCUT2D eigenvalue weighted by molar-refractivity contribution is 5.94. The third-order valence-corrected chi connectivity index (χ3v) is 2.10. The second-order valence-corrected chi connectivity index (χ2v) is 3.24. The lowest BCUT2D eigenvalue weighted by molar-refractivity contribution is 0.340. The summed E-state index contributed by atoms with van der Waals surface area (Å²) < 4.78 is 5.36. The van der Waals surface area contributed by atoms with Crippen LogP contribution in [0.3, 0.4) is 0 Å². The van der Waals surface area contributed by atoms with E-state index in [1.807, 2.05) is 31.2 Å². The first kappa shape index (κ1) is 12.6. The fourth-order valence-corrected chi connectivity index (χ4v) is 1.42. The quantitative estimate of drug-likeness (QED) is 0.850. The Morgan fingerprint density at radius 2 is 2.12 bits per heavy atom. The van der Waals surface area contributed by atoms with Gasteiger partial charge >= 0.3 is 0 Å². The van der Waals surface area contributed by atoms with Gasteiger partial charge in [-0.05, 0) is 31.2 Å². The molecule has 0 saturated heterocycles. The van der Waals surface area contributed by atoms with Crippen LogP contribution in [0.2, 0.25) is 0 Å². The Morgan fingerprint density at radius 3 is 2.69 bits per heavy atom. The monoisotopic (exact) mass is 241 g/mol. The van der Waals surface area contributed by atoms with Crippen molar-refractivity contribution in [2.75, 3.05) is 25.0 Å². The lowest BCUT2D eigenvalue weighted by Crippen LogP contribution is -2.26. The van der Waals surface area contributed by atoms with Gasteiger partial charge in [0.2, 0.25) is 0 Å². The van der Waals surface area contributed by atoms with Crippen molar-refractivity contribution in [3.63, 3.8) is 0 Å². The first-order valence-electron chi connectivity index (χ1n) is 5.16. The van der Waals surface area contributed by atoms with Crippen LogP contribution < -0.4 is 15.4 Å². The first-order chi connectivity index (χ1) is 7.38. The van der Waals surface area contributed by atoms with E-state index in [-0.39, 0.29) is 12.4 Å². The normalized spacial score (nSPS) is 13.4. The topological polar surface area (TPSA) is 45.6 Å². The molecule has 1 aliphatic heterocycles. The summed E-state index contributed by atoms with van der Waals surface area (Å²) in [4.78, 5) is 4.25. The molecular formula is C11H16ClN3O. The lowest BCUT2D eigenvalue weighted by Gasteiger charge is -2.07. The predicted molar refractivity (Wildman–Crippen MR) is 68.8 cm³/mol. The van der Waals surface area contributed by atoms with E-state index < -0.39 is 0 Å². The molecular weight excluding hydrogens is 226 g/mol. The second kappa shape index (κ2) is 6.23. The van der Waals surface area contributed by atoms with E-state index >= 15 is 0 Å². The molecule has 0 aliphatic carbocycles. The number of halogens is 1. The average molecular weight is 242 g/mol. The van der Waals surface area contributed by atoms with Gasteiger partial charge in [-0.3, -0.25) is 4.99 Å². The molecule has 1 heterocycles. The number of hydrogen-bond donors (Lipinski definition) is 2. The minimum atomic E-state index is 0. The number of anilines is 1. The Labute approximate surface area is 102 Å². The molecule has 1 aromatic carbocycles. The van der Waals surface area contributed by atoms with E-state index in [9.17, 15) is 0 Å². The number of rotatable bonds is 3. The molecule has 0 atom stereocenters. The maximum absolute atomic E-state index is 5.36. The van der Waals surface area contributed by atoms with Gasteiger partial charge in [0.25, 0.3) is 0 Å². The summed E-state index contributed by atoms with van der Waals surface area (Å²) in [5.41, 5.74) is 1.02. The highest BCUT2D eigenvalue weighted by Crippen LogP contribution is 2.15. The molecule has 0 bridgehead atoms. The van der Waals surface area contributed by atoms with Gasteiger partial charge in [0.05, 0.1) is 13.2 Å². The van der Waals surface area contributed by atoms with Crippen molar-refractivity contribution in [1.29, 1.82) is 0 Å². The van der Waals surface area contributed by atoms with E-state index in [1.54, 1.807) is 0 Å². The summed E-state index contributed by atoms with van der Waals surface area (Å²) in [7, 11) is 0. The molecule has 4 nitrogen and oxygen atoms in total. The van der Waals surface area contributed by atoms with Crippen LogP contribution in [-0.2, 0) is 0 Å². The van der Waals surface area contributed by atoms with Crippen LogP contribution in [0.1, 0.15) is 6.92 Å². The van der Waals surface area contributed by atoms with Gasteiger partial charge in [-0.2, -0.15) is 0 Å². The van der Waals surface area contributed by atoms with Crippen LogP contribution in [0.4, 0.5) is 5.69 Å². The molecule has 2 rings (SSSR count). The molecule has 0 saturated carbocycles. The van der Waals surface area contributed by atoms with Gasteiger partial charge in [0.15, 0.2) is 5.96 Å². The van der Waals surface area contributed by atoms with Gasteiger partial charge in [0, 0.05) is 12.2 Å². The van der Waals surface area contributed by atoms with Crippen LogP contribution in [0.25, 0.3) is 0 Å². The Morgan fingerprint density at radius 1 is 1.38 bits per heavy atom. The molecule has 1 aliphatic rings. The zero-order valence-corrected chi connectivity index (χ0v) is 10.0. The van der Waals surface area contributed by atoms with Gasteiger partial charge in [-0.25, -0.2) is 0 Å². The van der Waals surface area contributed by atoms with Gasteiger partial charge < -0.3 is 15.4 Å². The van der Waals surface area contributed by atoms with Crippen LogP contribution >= 0.6 is 12.4 Å². The van der Waals surface area contributed by atoms with E-state index in [0.717, 1.165) is 30.5 Å². The summed E-state index contributed by atoms with van der Waals surface area (Å²) in [6.45, 7) is 4.43. The van der Waals surface area contributed by atoms with Gasteiger partial charge in [-0.15, -0.1) is 12.4 Å². The molecule has 0 unspecified atom stereocenters. The molecule has 1 aromatic rings. The number of ether oxygens (including phenoxy) is 1. The standard InChI is InChI=1S/C11H15N3O.ClH/c1-2-15-10-5-3-9(4-6-10)14-11-12-7-8-13-11;/h3-6H,2,7-8H2,1H3,(H2,12,13,14);1H. The summed E-state index contributed by atoms with van der Waals surface area (Å²) >= 11 is 0.